The zero-order valence-electron chi connectivity index (χ0n) is 22.2. The molecule has 2 aromatic carbocycles. The van der Waals surface area contributed by atoms with Gasteiger partial charge in [-0.3, -0.25) is 24.8 Å². The molecule has 1 fully saturated rings. The van der Waals surface area contributed by atoms with Gasteiger partial charge in [-0.15, -0.1) is 0 Å². The van der Waals surface area contributed by atoms with Gasteiger partial charge in [-0.2, -0.15) is 0 Å². The number of amides is 3. The van der Waals surface area contributed by atoms with E-state index in [4.69, 9.17) is 11.6 Å². The molecular weight excluding hydrogens is 544 g/mol. The molecule has 3 amide bonds. The van der Waals surface area contributed by atoms with E-state index in [-0.39, 0.29) is 22.4 Å². The van der Waals surface area contributed by atoms with Gasteiger partial charge in [0.1, 0.15) is 12.0 Å². The minimum Gasteiger partial charge on any atom is -0.336 e. The van der Waals surface area contributed by atoms with E-state index >= 15 is 0 Å². The first-order chi connectivity index (χ1) is 19.9. The summed E-state index contributed by atoms with van der Waals surface area (Å²) < 4.78 is 0. The van der Waals surface area contributed by atoms with Crippen LogP contribution in [-0.2, 0) is 0 Å². The van der Waals surface area contributed by atoms with Crippen molar-refractivity contribution in [3.63, 3.8) is 0 Å². The monoisotopic (exact) mass is 570 g/mol. The van der Waals surface area contributed by atoms with Crippen LogP contribution in [0.3, 0.4) is 0 Å². The number of hydrogen-bond donors (Lipinski definition) is 2. The number of hydrogen-bond acceptors (Lipinski definition) is 8. The molecule has 41 heavy (non-hydrogen) atoms. The van der Waals surface area contributed by atoms with E-state index in [2.05, 4.69) is 30.6 Å². The molecule has 1 aliphatic heterocycles. The minimum atomic E-state index is -0.514. The lowest BCUT2D eigenvalue weighted by Crippen LogP contribution is -2.47. The predicted octanol–water partition coefficient (Wildman–Crippen LogP) is 3.84. The van der Waals surface area contributed by atoms with Crippen LogP contribution in [-0.4, -0.2) is 75.7 Å². The summed E-state index contributed by atoms with van der Waals surface area (Å²) in [5.74, 6) is -0.928. The van der Waals surface area contributed by atoms with Crippen LogP contribution >= 0.6 is 11.6 Å². The SMILES string of the molecule is CN1CCN(C(=O)c2ccc(NN(C(=O)c3cc(NC(=O)c4cccnc4)ccc3Cl)c3cncnc3)cc2)CC1. The Bertz CT molecular complexity index is 1530. The molecule has 12 heteroatoms. The first kappa shape index (κ1) is 27.7. The summed E-state index contributed by atoms with van der Waals surface area (Å²) in [5, 5.41) is 4.20. The zero-order chi connectivity index (χ0) is 28.8. The second-order valence-electron chi connectivity index (χ2n) is 9.41. The molecule has 0 aliphatic carbocycles. The normalized spacial score (nSPS) is 13.4. The summed E-state index contributed by atoms with van der Waals surface area (Å²) >= 11 is 6.44. The van der Waals surface area contributed by atoms with Gasteiger partial charge in [0.25, 0.3) is 17.7 Å². The fraction of sp³-hybridized carbons (Fsp3) is 0.172. The number of pyridine rings is 1. The number of aromatic nitrogens is 3. The Morgan fingerprint density at radius 1 is 0.854 bits per heavy atom. The second-order valence-corrected chi connectivity index (χ2v) is 9.82. The largest absolute Gasteiger partial charge is 0.336 e. The Balaban J connectivity index is 1.37. The van der Waals surface area contributed by atoms with Crippen molar-refractivity contribution >= 4 is 46.4 Å². The number of nitrogens with one attached hydrogen (secondary N) is 2. The Hall–Kier alpha value is -4.87. The van der Waals surface area contributed by atoms with E-state index in [1.54, 1.807) is 48.7 Å². The molecule has 1 aliphatic rings. The number of likely N-dealkylation sites (N-methyl/N-ethyl adjacent to an activating group) is 1. The van der Waals surface area contributed by atoms with Gasteiger partial charge in [0.2, 0.25) is 0 Å². The maximum atomic E-state index is 13.8. The summed E-state index contributed by atoms with van der Waals surface area (Å²) in [4.78, 5) is 55.5. The number of nitrogens with zero attached hydrogens (tertiary/aromatic N) is 6. The highest BCUT2D eigenvalue weighted by Crippen LogP contribution is 2.26. The fourth-order valence-corrected chi connectivity index (χ4v) is 4.43. The minimum absolute atomic E-state index is 0.0361. The standard InChI is InChI=1S/C29H27ClN8O3/c1-36-11-13-37(14-12-36)28(40)20-4-6-22(7-5-20)35-38(24-17-32-19-33-18-24)29(41)25-15-23(8-9-26(25)30)34-27(39)21-3-2-10-31-16-21/h2-10,15-19,35H,11-14H2,1H3,(H,34,39). The molecule has 208 valence electrons. The van der Waals surface area contributed by atoms with Crippen molar-refractivity contribution in [1.29, 1.82) is 0 Å². The van der Waals surface area contributed by atoms with Crippen molar-refractivity contribution in [2.45, 2.75) is 0 Å². The summed E-state index contributed by atoms with van der Waals surface area (Å²) in [7, 11) is 2.04. The van der Waals surface area contributed by atoms with E-state index in [1.807, 2.05) is 11.9 Å². The molecule has 1 saturated heterocycles. The van der Waals surface area contributed by atoms with Crippen molar-refractivity contribution in [1.82, 2.24) is 24.8 Å². The molecular formula is C29H27ClN8O3. The van der Waals surface area contributed by atoms with Crippen LogP contribution in [0.4, 0.5) is 17.1 Å². The molecule has 0 atom stereocenters. The lowest BCUT2D eigenvalue weighted by atomic mass is 10.1. The molecule has 0 saturated carbocycles. The quantitative estimate of drug-likeness (QED) is 0.321. The Morgan fingerprint density at radius 3 is 2.24 bits per heavy atom. The highest BCUT2D eigenvalue weighted by atomic mass is 35.5. The van der Waals surface area contributed by atoms with Gasteiger partial charge < -0.3 is 15.1 Å². The highest BCUT2D eigenvalue weighted by Gasteiger charge is 2.23. The molecule has 3 heterocycles. The van der Waals surface area contributed by atoms with Crippen LogP contribution < -0.4 is 15.8 Å². The van der Waals surface area contributed by atoms with Crippen LogP contribution in [0.15, 0.2) is 85.7 Å². The number of piperazine rings is 1. The summed E-state index contributed by atoms with van der Waals surface area (Å²) in [6.45, 7) is 3.01. The zero-order valence-corrected chi connectivity index (χ0v) is 23.0. The number of carbonyl (C=O) groups is 3. The summed E-state index contributed by atoms with van der Waals surface area (Å²) in [6.07, 6.45) is 7.33. The molecule has 0 spiro atoms. The molecule has 2 aromatic heterocycles. The van der Waals surface area contributed by atoms with Gasteiger partial charge in [0.05, 0.1) is 34.2 Å². The molecule has 0 radical (unpaired) electrons. The smallest absolute Gasteiger partial charge is 0.278 e. The number of hydrazine groups is 1. The number of benzene rings is 2. The average molecular weight is 571 g/mol. The van der Waals surface area contributed by atoms with E-state index in [0.717, 1.165) is 13.1 Å². The molecule has 5 rings (SSSR count). The lowest BCUT2D eigenvalue weighted by Gasteiger charge is -2.32. The summed E-state index contributed by atoms with van der Waals surface area (Å²) in [6, 6.07) is 14.8. The lowest BCUT2D eigenvalue weighted by molar-refractivity contribution is 0.0664. The van der Waals surface area contributed by atoms with Crippen LogP contribution in [0, 0.1) is 0 Å². The topological polar surface area (TPSA) is 124 Å². The first-order valence-electron chi connectivity index (χ1n) is 12.8. The maximum absolute atomic E-state index is 13.8. The first-order valence-corrected chi connectivity index (χ1v) is 13.2. The third-order valence-electron chi connectivity index (χ3n) is 6.55. The maximum Gasteiger partial charge on any atom is 0.278 e. The van der Waals surface area contributed by atoms with Crippen molar-refractivity contribution in [3.8, 4) is 0 Å². The van der Waals surface area contributed by atoms with Crippen LogP contribution in [0.2, 0.25) is 5.02 Å². The molecule has 11 nitrogen and oxygen atoms in total. The van der Waals surface area contributed by atoms with Crippen LogP contribution in [0.5, 0.6) is 0 Å². The molecule has 0 bridgehead atoms. The van der Waals surface area contributed by atoms with Gasteiger partial charge in [-0.05, 0) is 61.6 Å². The number of carbonyl (C=O) groups excluding carboxylic acids is 3. The predicted molar refractivity (Wildman–Crippen MR) is 156 cm³/mol. The van der Waals surface area contributed by atoms with Crippen molar-refractivity contribution < 1.29 is 14.4 Å². The van der Waals surface area contributed by atoms with Gasteiger partial charge in [-0.1, -0.05) is 11.6 Å². The Labute approximate surface area is 241 Å². The Morgan fingerprint density at radius 2 is 1.56 bits per heavy atom. The van der Waals surface area contributed by atoms with Gasteiger partial charge >= 0.3 is 0 Å². The fourth-order valence-electron chi connectivity index (χ4n) is 4.24. The second kappa shape index (κ2) is 12.5. The summed E-state index contributed by atoms with van der Waals surface area (Å²) in [5.41, 5.74) is 5.42. The molecule has 0 unspecified atom stereocenters. The third-order valence-corrected chi connectivity index (χ3v) is 6.88. The van der Waals surface area contributed by atoms with Crippen LogP contribution in [0.1, 0.15) is 31.1 Å². The van der Waals surface area contributed by atoms with Crippen molar-refractivity contribution in [3.05, 3.63) is 107 Å². The number of halogens is 1. The van der Waals surface area contributed by atoms with Gasteiger partial charge in [0.15, 0.2) is 0 Å². The molecule has 2 N–H and O–H groups in total. The van der Waals surface area contributed by atoms with E-state index in [9.17, 15) is 14.4 Å². The van der Waals surface area contributed by atoms with E-state index in [0.29, 0.717) is 41.3 Å². The van der Waals surface area contributed by atoms with E-state index in [1.165, 1.54) is 42.1 Å². The van der Waals surface area contributed by atoms with Crippen molar-refractivity contribution in [2.24, 2.45) is 0 Å². The third kappa shape index (κ3) is 6.65. The molecule has 4 aromatic rings. The average Bonchev–Trinajstić information content (AvgIpc) is 3.01. The van der Waals surface area contributed by atoms with E-state index < -0.39 is 5.91 Å². The highest BCUT2D eigenvalue weighted by molar-refractivity contribution is 6.34. The van der Waals surface area contributed by atoms with Gasteiger partial charge in [0, 0.05) is 49.8 Å². The number of anilines is 3. The Kier molecular flexibility index (Phi) is 8.47. The van der Waals surface area contributed by atoms with Gasteiger partial charge in [-0.25, -0.2) is 15.0 Å². The van der Waals surface area contributed by atoms with Crippen LogP contribution in [0.25, 0.3) is 0 Å². The number of rotatable bonds is 7. The van der Waals surface area contributed by atoms with Crippen molar-refractivity contribution in [2.75, 3.05) is 49.0 Å².